The Labute approximate surface area is 260 Å². The molecule has 1 aliphatic carbocycles. The van der Waals surface area contributed by atoms with Crippen LogP contribution in [0.15, 0.2) is 150 Å². The highest BCUT2D eigenvalue weighted by Gasteiger charge is 2.26. The summed E-state index contributed by atoms with van der Waals surface area (Å²) in [6.07, 6.45) is 10.5. The third-order valence-corrected chi connectivity index (χ3v) is 8.52. The Balaban J connectivity index is 1.23. The minimum atomic E-state index is 0.0866. The number of hydrogen-bond acceptors (Lipinski definition) is 5. The van der Waals surface area contributed by atoms with E-state index in [1.54, 1.807) is 0 Å². The van der Waals surface area contributed by atoms with Crippen molar-refractivity contribution >= 4 is 33.5 Å². The molecule has 9 rings (SSSR count). The van der Waals surface area contributed by atoms with E-state index in [0.717, 1.165) is 49.9 Å². The van der Waals surface area contributed by atoms with Crippen molar-refractivity contribution in [2.45, 2.75) is 6.04 Å². The molecule has 0 amide bonds. The van der Waals surface area contributed by atoms with Crippen LogP contribution in [0.4, 0.5) is 5.69 Å². The number of hydrogen-bond donors (Lipinski definition) is 1. The number of aromatic nitrogens is 3. The lowest BCUT2D eigenvalue weighted by molar-refractivity contribution is 0.602. The second-order valence-electron chi connectivity index (χ2n) is 11.3. The van der Waals surface area contributed by atoms with Crippen molar-refractivity contribution in [2.24, 2.45) is 0 Å². The van der Waals surface area contributed by atoms with Gasteiger partial charge in [0.15, 0.2) is 23.2 Å². The van der Waals surface area contributed by atoms with E-state index in [4.69, 9.17) is 19.4 Å². The van der Waals surface area contributed by atoms with E-state index in [1.165, 1.54) is 16.7 Å². The third kappa shape index (κ3) is 4.45. The zero-order valence-electron chi connectivity index (χ0n) is 24.2. The van der Waals surface area contributed by atoms with Crippen LogP contribution in [0.5, 0.6) is 0 Å². The molecule has 5 heteroatoms. The van der Waals surface area contributed by atoms with E-state index in [9.17, 15) is 0 Å². The molecule has 0 spiro atoms. The van der Waals surface area contributed by atoms with Gasteiger partial charge < -0.3 is 9.73 Å². The normalized spacial score (nSPS) is 15.0. The fraction of sp³-hybridized carbons (Fsp3) is 0.0250. The summed E-state index contributed by atoms with van der Waals surface area (Å²) in [7, 11) is 0. The highest BCUT2D eigenvalue weighted by molar-refractivity contribution is 6.06. The predicted octanol–water partition coefficient (Wildman–Crippen LogP) is 9.74. The first-order valence-corrected chi connectivity index (χ1v) is 15.1. The highest BCUT2D eigenvalue weighted by atomic mass is 16.3. The van der Waals surface area contributed by atoms with Gasteiger partial charge in [0.2, 0.25) is 0 Å². The van der Waals surface area contributed by atoms with Gasteiger partial charge in [-0.2, -0.15) is 0 Å². The maximum Gasteiger partial charge on any atom is 0.164 e. The Morgan fingerprint density at radius 1 is 0.578 bits per heavy atom. The van der Waals surface area contributed by atoms with Crippen LogP contribution >= 0.6 is 0 Å². The molecule has 5 aromatic carbocycles. The smallest absolute Gasteiger partial charge is 0.164 e. The first-order valence-electron chi connectivity index (χ1n) is 15.1. The van der Waals surface area contributed by atoms with Crippen LogP contribution < -0.4 is 5.32 Å². The average Bonchev–Trinajstić information content (AvgIpc) is 3.48. The maximum atomic E-state index is 6.36. The van der Waals surface area contributed by atoms with Gasteiger partial charge in [0.05, 0.1) is 17.1 Å². The molecule has 1 N–H and O–H groups in total. The first kappa shape index (κ1) is 25.4. The Kier molecular flexibility index (Phi) is 5.81. The summed E-state index contributed by atoms with van der Waals surface area (Å²) in [4.78, 5) is 15.2. The molecule has 0 fully saturated rings. The van der Waals surface area contributed by atoms with Crippen molar-refractivity contribution in [3.05, 3.63) is 151 Å². The summed E-state index contributed by atoms with van der Waals surface area (Å²) >= 11 is 0. The molecule has 0 saturated carbocycles. The van der Waals surface area contributed by atoms with Gasteiger partial charge in [-0.1, -0.05) is 121 Å². The number of nitrogens with one attached hydrogen (secondary N) is 1. The minimum Gasteiger partial charge on any atom is -0.454 e. The molecule has 212 valence electrons. The van der Waals surface area contributed by atoms with Gasteiger partial charge in [0, 0.05) is 16.7 Å². The van der Waals surface area contributed by atoms with Crippen molar-refractivity contribution in [1.82, 2.24) is 15.0 Å². The van der Waals surface area contributed by atoms with Crippen LogP contribution in [-0.4, -0.2) is 21.0 Å². The van der Waals surface area contributed by atoms with E-state index in [1.807, 2.05) is 48.5 Å². The molecule has 7 aromatic rings. The Hall–Kier alpha value is -6.07. The fourth-order valence-electron chi connectivity index (χ4n) is 6.27. The second-order valence-corrected chi connectivity index (χ2v) is 11.3. The average molecular weight is 579 g/mol. The van der Waals surface area contributed by atoms with E-state index in [0.29, 0.717) is 17.5 Å². The summed E-state index contributed by atoms with van der Waals surface area (Å²) in [5, 5.41) is 6.95. The van der Waals surface area contributed by atoms with Gasteiger partial charge in [0.1, 0.15) is 5.58 Å². The lowest BCUT2D eigenvalue weighted by Crippen LogP contribution is -2.22. The number of furan rings is 1. The number of nitrogens with zero attached hydrogens (tertiary/aromatic N) is 3. The summed E-state index contributed by atoms with van der Waals surface area (Å²) in [6.45, 7) is 0. The molecule has 5 nitrogen and oxygen atoms in total. The van der Waals surface area contributed by atoms with Crippen LogP contribution in [0, 0.1) is 0 Å². The topological polar surface area (TPSA) is 63.8 Å². The van der Waals surface area contributed by atoms with Gasteiger partial charge in [-0.25, -0.2) is 15.0 Å². The number of allylic oxidation sites excluding steroid dienone is 2. The zero-order chi connectivity index (χ0) is 29.7. The fourth-order valence-corrected chi connectivity index (χ4v) is 6.27. The maximum absolute atomic E-state index is 6.36. The van der Waals surface area contributed by atoms with Crippen LogP contribution in [0.1, 0.15) is 5.76 Å². The molecule has 0 bridgehead atoms. The summed E-state index contributed by atoms with van der Waals surface area (Å²) in [5.41, 5.74) is 8.03. The molecule has 1 atom stereocenters. The molecule has 1 unspecified atom stereocenters. The summed E-state index contributed by atoms with van der Waals surface area (Å²) in [5.74, 6) is 2.65. The molecule has 0 radical (unpaired) electrons. The molecule has 0 saturated heterocycles. The largest absolute Gasteiger partial charge is 0.454 e. The number of anilines is 1. The van der Waals surface area contributed by atoms with Crippen molar-refractivity contribution in [1.29, 1.82) is 0 Å². The predicted molar refractivity (Wildman–Crippen MR) is 183 cm³/mol. The number of benzene rings is 5. The quantitative estimate of drug-likeness (QED) is 0.225. The van der Waals surface area contributed by atoms with Crippen LogP contribution in [0.3, 0.4) is 0 Å². The zero-order valence-corrected chi connectivity index (χ0v) is 24.2. The molecule has 2 aromatic heterocycles. The number of fused-ring (bicyclic) bond motifs is 5. The molecule has 45 heavy (non-hydrogen) atoms. The lowest BCUT2D eigenvalue weighted by atomic mass is 9.96. The first-order chi connectivity index (χ1) is 22.3. The molecular formula is C40H26N4O. The van der Waals surface area contributed by atoms with Crippen molar-refractivity contribution in [2.75, 3.05) is 5.32 Å². The summed E-state index contributed by atoms with van der Waals surface area (Å²) in [6, 6.07) is 39.7. The molecule has 3 heterocycles. The van der Waals surface area contributed by atoms with Gasteiger partial charge in [0.25, 0.3) is 0 Å². The molecule has 2 aliphatic rings. The Morgan fingerprint density at radius 3 is 2.11 bits per heavy atom. The molecule has 1 aliphatic heterocycles. The van der Waals surface area contributed by atoms with E-state index < -0.39 is 0 Å². The minimum absolute atomic E-state index is 0.0866. The number of rotatable bonds is 4. The SMILES string of the molecule is C1=CC2=Cc3oc4cccc(-c5nc(-c6ccccc6)nc(-c6ccc7ccc(-c8ccccc8)cc7c6)n5)c4c3NC2C=C1. The Bertz CT molecular complexity index is 2350. The van der Waals surface area contributed by atoms with Gasteiger partial charge in [-0.3, -0.25) is 0 Å². The van der Waals surface area contributed by atoms with Crippen LogP contribution in [0.25, 0.3) is 73.1 Å². The summed E-state index contributed by atoms with van der Waals surface area (Å²) < 4.78 is 6.36. The van der Waals surface area contributed by atoms with E-state index in [2.05, 4.69) is 102 Å². The van der Waals surface area contributed by atoms with Gasteiger partial charge >= 0.3 is 0 Å². The standard InChI is InChI=1S/C40H26N4O/c1-3-10-25(11-4-1)28-20-18-26-19-21-30(23-31(26)22-28)39-42-38(27-12-5-2-6-13-27)43-40(44-39)32-15-9-17-34-36(32)37-35(45-34)24-29-14-7-8-16-33(29)41-37/h1-24,33,41H. The van der Waals surface area contributed by atoms with E-state index >= 15 is 0 Å². The van der Waals surface area contributed by atoms with Gasteiger partial charge in [-0.15, -0.1) is 0 Å². The van der Waals surface area contributed by atoms with Crippen LogP contribution in [-0.2, 0) is 0 Å². The van der Waals surface area contributed by atoms with Crippen molar-refractivity contribution < 1.29 is 4.42 Å². The monoisotopic (exact) mass is 578 g/mol. The van der Waals surface area contributed by atoms with Gasteiger partial charge in [-0.05, 0) is 51.7 Å². The highest BCUT2D eigenvalue weighted by Crippen LogP contribution is 2.42. The van der Waals surface area contributed by atoms with Crippen LogP contribution in [0.2, 0.25) is 0 Å². The third-order valence-electron chi connectivity index (χ3n) is 8.52. The lowest BCUT2D eigenvalue weighted by Gasteiger charge is -2.23. The molecular weight excluding hydrogens is 552 g/mol. The van der Waals surface area contributed by atoms with E-state index in [-0.39, 0.29) is 6.04 Å². The second kappa shape index (κ2) is 10.3. The van der Waals surface area contributed by atoms with Crippen molar-refractivity contribution in [3.8, 4) is 45.3 Å². The Morgan fingerprint density at radius 2 is 1.29 bits per heavy atom. The van der Waals surface area contributed by atoms with Crippen molar-refractivity contribution in [3.63, 3.8) is 0 Å².